The Morgan fingerprint density at radius 2 is 2.04 bits per heavy atom. The van der Waals surface area contributed by atoms with Crippen molar-refractivity contribution in [3.63, 3.8) is 0 Å². The highest BCUT2D eigenvalue weighted by molar-refractivity contribution is 9.10. The van der Waals surface area contributed by atoms with Crippen LogP contribution < -0.4 is 9.64 Å². The number of fused-ring (bicyclic) bond motifs is 2. The van der Waals surface area contributed by atoms with Crippen LogP contribution in [0.4, 0.5) is 5.69 Å². The van der Waals surface area contributed by atoms with E-state index in [1.165, 1.54) is 0 Å². The van der Waals surface area contributed by atoms with Gasteiger partial charge in [0, 0.05) is 22.5 Å². The van der Waals surface area contributed by atoms with Crippen molar-refractivity contribution in [2.24, 2.45) is 0 Å². The monoisotopic (exact) mass is 427 g/mol. The number of hydrogen-bond acceptors (Lipinski definition) is 4. The van der Waals surface area contributed by atoms with Gasteiger partial charge in [0.05, 0.1) is 19.2 Å². The van der Waals surface area contributed by atoms with Gasteiger partial charge in [-0.15, -0.1) is 6.58 Å². The number of carbonyl (C=O) groups excluding carboxylic acids is 2. The number of esters is 1. The highest BCUT2D eigenvalue weighted by Gasteiger charge is 2.63. The van der Waals surface area contributed by atoms with Crippen LogP contribution in [0.25, 0.3) is 0 Å². The molecule has 0 unspecified atom stereocenters. The summed E-state index contributed by atoms with van der Waals surface area (Å²) in [6.07, 6.45) is 1.81. The van der Waals surface area contributed by atoms with Gasteiger partial charge in [0.25, 0.3) is 5.91 Å². The average Bonchev–Trinajstić information content (AvgIpc) is 3.13. The molecular formula is C21H18BrNO4. The summed E-state index contributed by atoms with van der Waals surface area (Å²) in [6.45, 7) is 4.10. The van der Waals surface area contributed by atoms with E-state index in [-0.39, 0.29) is 18.3 Å². The molecule has 5 nitrogen and oxygen atoms in total. The number of amides is 1. The molecule has 27 heavy (non-hydrogen) atoms. The van der Waals surface area contributed by atoms with Crippen molar-refractivity contribution >= 4 is 33.5 Å². The Bertz CT molecular complexity index is 940. The van der Waals surface area contributed by atoms with E-state index < -0.39 is 11.5 Å². The van der Waals surface area contributed by atoms with Crippen LogP contribution in [0.1, 0.15) is 23.5 Å². The zero-order valence-corrected chi connectivity index (χ0v) is 16.4. The van der Waals surface area contributed by atoms with E-state index in [9.17, 15) is 9.59 Å². The van der Waals surface area contributed by atoms with E-state index in [4.69, 9.17) is 9.47 Å². The van der Waals surface area contributed by atoms with Crippen molar-refractivity contribution < 1.29 is 19.1 Å². The Balaban J connectivity index is 1.90. The molecule has 2 aliphatic heterocycles. The summed E-state index contributed by atoms with van der Waals surface area (Å²) in [5, 5.41) is 0. The Morgan fingerprint density at radius 1 is 1.30 bits per heavy atom. The van der Waals surface area contributed by atoms with Gasteiger partial charge in [-0.05, 0) is 35.9 Å². The van der Waals surface area contributed by atoms with Gasteiger partial charge in [-0.1, -0.05) is 34.1 Å². The second-order valence-electron chi connectivity index (χ2n) is 6.61. The van der Waals surface area contributed by atoms with Gasteiger partial charge in [0.15, 0.2) is 0 Å². The lowest BCUT2D eigenvalue weighted by molar-refractivity contribution is -0.157. The van der Waals surface area contributed by atoms with Gasteiger partial charge in [-0.3, -0.25) is 9.59 Å². The first-order chi connectivity index (χ1) is 13.0. The van der Waals surface area contributed by atoms with Crippen molar-refractivity contribution in [3.05, 3.63) is 70.7 Å². The van der Waals surface area contributed by atoms with Gasteiger partial charge in [0.1, 0.15) is 5.75 Å². The molecule has 0 N–H and O–H groups in total. The summed E-state index contributed by atoms with van der Waals surface area (Å²) in [4.78, 5) is 27.5. The van der Waals surface area contributed by atoms with Crippen molar-refractivity contribution in [2.45, 2.75) is 17.9 Å². The molecule has 4 rings (SSSR count). The molecule has 6 heteroatoms. The standard InChI is InChI=1S/C21H18BrNO4/c1-3-10-23-18-9-6-14(22)11-17(18)21(20(23)25)16(12-19(24)27-21)13-4-7-15(26-2)8-5-13/h3-9,11,16H,1,10,12H2,2H3/t16-,21+/m1/s1. The number of hydrogen-bond donors (Lipinski definition) is 0. The number of carbonyl (C=O) groups is 2. The molecule has 1 amide bonds. The minimum Gasteiger partial charge on any atom is -0.497 e. The van der Waals surface area contributed by atoms with Crippen LogP contribution >= 0.6 is 15.9 Å². The van der Waals surface area contributed by atoms with Crippen LogP contribution in [0.3, 0.4) is 0 Å². The summed E-state index contributed by atoms with van der Waals surface area (Å²) >= 11 is 3.48. The van der Waals surface area contributed by atoms with E-state index in [2.05, 4.69) is 22.5 Å². The topological polar surface area (TPSA) is 55.8 Å². The van der Waals surface area contributed by atoms with Crippen LogP contribution in [0.5, 0.6) is 5.75 Å². The van der Waals surface area contributed by atoms with Crippen LogP contribution in [0.15, 0.2) is 59.6 Å². The molecule has 2 aromatic rings. The normalized spacial score (nSPS) is 23.5. The first-order valence-corrected chi connectivity index (χ1v) is 9.39. The van der Waals surface area contributed by atoms with Gasteiger partial charge in [-0.25, -0.2) is 0 Å². The first kappa shape index (κ1) is 17.8. The SMILES string of the molecule is C=CCN1C(=O)[C@@]2(OC(=O)C[C@@H]2c2ccc(OC)cc2)c2cc(Br)ccc21. The Labute approximate surface area is 165 Å². The lowest BCUT2D eigenvalue weighted by Gasteiger charge is -2.29. The lowest BCUT2D eigenvalue weighted by atomic mass is 9.78. The van der Waals surface area contributed by atoms with Crippen molar-refractivity contribution in [2.75, 3.05) is 18.6 Å². The molecule has 138 valence electrons. The van der Waals surface area contributed by atoms with Gasteiger partial charge < -0.3 is 14.4 Å². The maximum Gasteiger partial charge on any atom is 0.308 e. The molecule has 0 aliphatic carbocycles. The maximum atomic E-state index is 13.5. The van der Waals surface area contributed by atoms with E-state index in [0.717, 1.165) is 15.7 Å². The van der Waals surface area contributed by atoms with E-state index in [0.29, 0.717) is 17.9 Å². The third-order valence-electron chi connectivity index (χ3n) is 5.18. The van der Waals surface area contributed by atoms with Crippen LogP contribution in [-0.4, -0.2) is 25.5 Å². The molecule has 0 radical (unpaired) electrons. The fourth-order valence-corrected chi connectivity index (χ4v) is 4.36. The number of rotatable bonds is 4. The fraction of sp³-hybridized carbons (Fsp3) is 0.238. The lowest BCUT2D eigenvalue weighted by Crippen LogP contribution is -2.43. The number of benzene rings is 2. The number of methoxy groups -OCH3 is 1. The highest BCUT2D eigenvalue weighted by Crippen LogP contribution is 2.56. The molecule has 2 atom stereocenters. The number of halogens is 1. The minimum atomic E-state index is -1.35. The zero-order chi connectivity index (χ0) is 19.2. The smallest absolute Gasteiger partial charge is 0.308 e. The summed E-state index contributed by atoms with van der Waals surface area (Å²) in [6, 6.07) is 13.0. The highest BCUT2D eigenvalue weighted by atomic mass is 79.9. The molecule has 2 heterocycles. The second kappa shape index (κ2) is 6.53. The molecule has 1 spiro atoms. The fourth-order valence-electron chi connectivity index (χ4n) is 4.00. The summed E-state index contributed by atoms with van der Waals surface area (Å²) < 4.78 is 11.8. The quantitative estimate of drug-likeness (QED) is 0.548. The third kappa shape index (κ3) is 2.58. The molecule has 0 saturated carbocycles. The molecular weight excluding hydrogens is 410 g/mol. The Kier molecular flexibility index (Phi) is 4.30. The summed E-state index contributed by atoms with van der Waals surface area (Å²) in [5.41, 5.74) is 0.960. The largest absolute Gasteiger partial charge is 0.497 e. The minimum absolute atomic E-state index is 0.145. The summed E-state index contributed by atoms with van der Waals surface area (Å²) in [7, 11) is 1.60. The zero-order valence-electron chi connectivity index (χ0n) is 14.8. The average molecular weight is 428 g/mol. The van der Waals surface area contributed by atoms with Gasteiger partial charge in [0.2, 0.25) is 5.60 Å². The Morgan fingerprint density at radius 3 is 2.70 bits per heavy atom. The van der Waals surface area contributed by atoms with Crippen LogP contribution in [-0.2, 0) is 19.9 Å². The summed E-state index contributed by atoms with van der Waals surface area (Å²) in [5.74, 6) is -0.309. The van der Waals surface area contributed by atoms with Gasteiger partial charge in [-0.2, -0.15) is 0 Å². The third-order valence-corrected chi connectivity index (χ3v) is 5.67. The maximum absolute atomic E-state index is 13.5. The molecule has 0 aromatic heterocycles. The van der Waals surface area contributed by atoms with E-state index in [1.807, 2.05) is 42.5 Å². The van der Waals surface area contributed by atoms with Gasteiger partial charge >= 0.3 is 5.97 Å². The molecule has 2 aromatic carbocycles. The van der Waals surface area contributed by atoms with Crippen molar-refractivity contribution in [1.82, 2.24) is 0 Å². The molecule has 1 saturated heterocycles. The second-order valence-corrected chi connectivity index (χ2v) is 7.52. The first-order valence-electron chi connectivity index (χ1n) is 8.60. The van der Waals surface area contributed by atoms with Crippen LogP contribution in [0, 0.1) is 0 Å². The number of anilines is 1. The molecule has 1 fully saturated rings. The predicted octanol–water partition coefficient (Wildman–Crippen LogP) is 3.92. The molecule has 2 aliphatic rings. The van der Waals surface area contributed by atoms with Crippen LogP contribution in [0.2, 0.25) is 0 Å². The number of ether oxygens (including phenoxy) is 2. The Hall–Kier alpha value is -2.60. The number of nitrogens with zero attached hydrogens (tertiary/aromatic N) is 1. The van der Waals surface area contributed by atoms with E-state index in [1.54, 1.807) is 18.1 Å². The molecule has 0 bridgehead atoms. The van der Waals surface area contributed by atoms with Crippen molar-refractivity contribution in [3.8, 4) is 5.75 Å². The van der Waals surface area contributed by atoms with Crippen molar-refractivity contribution in [1.29, 1.82) is 0 Å². The van der Waals surface area contributed by atoms with E-state index >= 15 is 0 Å². The predicted molar refractivity (Wildman–Crippen MR) is 105 cm³/mol.